The molecule has 7 nitrogen and oxygen atoms in total. The summed E-state index contributed by atoms with van der Waals surface area (Å²) < 4.78 is 55.4. The SMILES string of the molecule is COc1ccc(S(=O)(=O)Oc2ccc(CN(CC3CCCO3)C(=O)c3ccccc3F)cc2)cc1. The zero-order valence-corrected chi connectivity index (χ0v) is 20.0. The van der Waals surface area contributed by atoms with Crippen molar-refractivity contribution in [1.82, 2.24) is 4.90 Å². The molecule has 184 valence electrons. The van der Waals surface area contributed by atoms with Gasteiger partial charge in [-0.25, -0.2) is 4.39 Å². The minimum absolute atomic E-state index is 0.000555. The van der Waals surface area contributed by atoms with E-state index in [0.717, 1.165) is 18.4 Å². The first-order valence-electron chi connectivity index (χ1n) is 11.2. The molecule has 0 spiro atoms. The van der Waals surface area contributed by atoms with Gasteiger partial charge >= 0.3 is 10.1 Å². The summed E-state index contributed by atoms with van der Waals surface area (Å²) >= 11 is 0. The van der Waals surface area contributed by atoms with Crippen LogP contribution in [-0.4, -0.2) is 45.6 Å². The number of hydrogen-bond donors (Lipinski definition) is 0. The topological polar surface area (TPSA) is 82.1 Å². The maximum atomic E-state index is 14.3. The van der Waals surface area contributed by atoms with E-state index in [9.17, 15) is 17.6 Å². The molecule has 4 rings (SSSR count). The Morgan fingerprint density at radius 2 is 1.71 bits per heavy atom. The fourth-order valence-electron chi connectivity index (χ4n) is 3.85. The molecule has 1 saturated heterocycles. The minimum Gasteiger partial charge on any atom is -0.497 e. The first-order valence-corrected chi connectivity index (χ1v) is 12.6. The second-order valence-electron chi connectivity index (χ2n) is 8.16. The molecule has 0 aliphatic carbocycles. The van der Waals surface area contributed by atoms with Gasteiger partial charge in [-0.1, -0.05) is 24.3 Å². The molecule has 1 amide bonds. The molecule has 9 heteroatoms. The van der Waals surface area contributed by atoms with Crippen molar-refractivity contribution in [3.8, 4) is 11.5 Å². The smallest absolute Gasteiger partial charge is 0.339 e. The molecule has 35 heavy (non-hydrogen) atoms. The van der Waals surface area contributed by atoms with Crippen molar-refractivity contribution in [2.45, 2.75) is 30.4 Å². The van der Waals surface area contributed by atoms with Crippen LogP contribution >= 0.6 is 0 Å². The lowest BCUT2D eigenvalue weighted by atomic mass is 10.1. The summed E-state index contributed by atoms with van der Waals surface area (Å²) in [7, 11) is -2.53. The van der Waals surface area contributed by atoms with Crippen molar-refractivity contribution >= 4 is 16.0 Å². The van der Waals surface area contributed by atoms with Crippen molar-refractivity contribution < 1.29 is 31.3 Å². The summed E-state index contributed by atoms with van der Waals surface area (Å²) in [5, 5.41) is 0. The van der Waals surface area contributed by atoms with Gasteiger partial charge in [-0.2, -0.15) is 8.42 Å². The Bertz CT molecular complexity index is 1260. The maximum absolute atomic E-state index is 14.3. The average Bonchev–Trinajstić information content (AvgIpc) is 3.38. The summed E-state index contributed by atoms with van der Waals surface area (Å²) in [4.78, 5) is 14.7. The molecule has 1 aliphatic rings. The van der Waals surface area contributed by atoms with E-state index in [0.29, 0.717) is 18.9 Å². The standard InChI is InChI=1S/C26H26FNO6S/c1-32-20-12-14-23(15-13-20)35(30,31)34-21-10-8-19(9-11-21)17-28(18-22-5-4-16-33-22)26(29)24-6-2-3-7-25(24)27/h2-3,6-15,22H,4-5,16-18H2,1H3. The van der Waals surface area contributed by atoms with Crippen molar-refractivity contribution in [2.75, 3.05) is 20.3 Å². The molecule has 1 fully saturated rings. The van der Waals surface area contributed by atoms with Crippen LogP contribution in [0.15, 0.2) is 77.7 Å². The third-order valence-corrected chi connectivity index (χ3v) is 6.95. The summed E-state index contributed by atoms with van der Waals surface area (Å²) in [5.41, 5.74) is 0.734. The van der Waals surface area contributed by atoms with Gasteiger partial charge in [0.25, 0.3) is 5.91 Å². The van der Waals surface area contributed by atoms with E-state index < -0.39 is 21.8 Å². The van der Waals surface area contributed by atoms with E-state index in [1.165, 1.54) is 61.7 Å². The van der Waals surface area contributed by atoms with Gasteiger partial charge in [-0.3, -0.25) is 4.79 Å². The summed E-state index contributed by atoms with van der Waals surface area (Å²) in [5.74, 6) is -0.343. The molecule has 0 saturated carbocycles. The Balaban J connectivity index is 1.48. The third kappa shape index (κ3) is 6.17. The Kier molecular flexibility index (Phi) is 7.67. The fourth-order valence-corrected chi connectivity index (χ4v) is 4.78. The van der Waals surface area contributed by atoms with Gasteiger partial charge in [0.2, 0.25) is 0 Å². The van der Waals surface area contributed by atoms with Crippen molar-refractivity contribution in [2.24, 2.45) is 0 Å². The van der Waals surface area contributed by atoms with E-state index >= 15 is 0 Å². The van der Waals surface area contributed by atoms with Crippen LogP contribution in [0, 0.1) is 5.82 Å². The van der Waals surface area contributed by atoms with Gasteiger partial charge < -0.3 is 18.6 Å². The zero-order valence-electron chi connectivity index (χ0n) is 19.2. The van der Waals surface area contributed by atoms with E-state index in [2.05, 4.69) is 0 Å². The van der Waals surface area contributed by atoms with E-state index in [4.69, 9.17) is 13.7 Å². The lowest BCUT2D eigenvalue weighted by Crippen LogP contribution is -2.37. The molecule has 1 heterocycles. The van der Waals surface area contributed by atoms with Gasteiger partial charge in [0.1, 0.15) is 22.2 Å². The van der Waals surface area contributed by atoms with Crippen LogP contribution in [0.3, 0.4) is 0 Å². The highest BCUT2D eigenvalue weighted by Crippen LogP contribution is 2.23. The number of halogens is 1. The first kappa shape index (κ1) is 24.7. The molecule has 1 aliphatic heterocycles. The fraction of sp³-hybridized carbons (Fsp3) is 0.269. The number of ether oxygens (including phenoxy) is 2. The van der Waals surface area contributed by atoms with Crippen LogP contribution in [-0.2, 0) is 21.4 Å². The van der Waals surface area contributed by atoms with E-state index in [-0.39, 0.29) is 28.9 Å². The van der Waals surface area contributed by atoms with E-state index in [1.54, 1.807) is 23.1 Å². The Morgan fingerprint density at radius 3 is 2.34 bits per heavy atom. The van der Waals surface area contributed by atoms with Crippen LogP contribution in [0.5, 0.6) is 11.5 Å². The Labute approximate surface area is 204 Å². The predicted molar refractivity (Wildman–Crippen MR) is 127 cm³/mol. The van der Waals surface area contributed by atoms with Crippen LogP contribution in [0.1, 0.15) is 28.8 Å². The van der Waals surface area contributed by atoms with Crippen LogP contribution in [0.2, 0.25) is 0 Å². The quantitative estimate of drug-likeness (QED) is 0.406. The normalized spacial score (nSPS) is 15.5. The molecular weight excluding hydrogens is 473 g/mol. The average molecular weight is 500 g/mol. The van der Waals surface area contributed by atoms with Crippen molar-refractivity contribution in [3.63, 3.8) is 0 Å². The first-order chi connectivity index (χ1) is 16.9. The molecule has 1 unspecified atom stereocenters. The second-order valence-corrected chi connectivity index (χ2v) is 9.70. The van der Waals surface area contributed by atoms with Gasteiger partial charge in [0, 0.05) is 19.7 Å². The molecule has 0 bridgehead atoms. The van der Waals surface area contributed by atoms with Gasteiger partial charge in [0.05, 0.1) is 18.8 Å². The summed E-state index contributed by atoms with van der Waals surface area (Å²) in [6.45, 7) is 1.18. The zero-order chi connectivity index (χ0) is 24.8. The number of rotatable bonds is 9. The number of carbonyl (C=O) groups is 1. The number of methoxy groups -OCH3 is 1. The molecule has 0 N–H and O–H groups in total. The number of nitrogens with zero attached hydrogens (tertiary/aromatic N) is 1. The number of carbonyl (C=O) groups excluding carboxylic acids is 1. The number of hydrogen-bond acceptors (Lipinski definition) is 6. The highest BCUT2D eigenvalue weighted by atomic mass is 32.2. The van der Waals surface area contributed by atoms with Crippen LogP contribution in [0.25, 0.3) is 0 Å². The summed E-state index contributed by atoms with van der Waals surface area (Å²) in [6.07, 6.45) is 1.64. The van der Waals surface area contributed by atoms with Gasteiger partial charge in [-0.05, 0) is 66.9 Å². The molecule has 0 aromatic heterocycles. The number of benzene rings is 3. The Morgan fingerprint density at radius 1 is 1.03 bits per heavy atom. The van der Waals surface area contributed by atoms with Crippen LogP contribution < -0.4 is 8.92 Å². The minimum atomic E-state index is -4.02. The maximum Gasteiger partial charge on any atom is 0.339 e. The largest absolute Gasteiger partial charge is 0.497 e. The van der Waals surface area contributed by atoms with Crippen LogP contribution in [0.4, 0.5) is 4.39 Å². The van der Waals surface area contributed by atoms with E-state index in [1.807, 2.05) is 0 Å². The van der Waals surface area contributed by atoms with Crippen molar-refractivity contribution in [3.05, 3.63) is 89.7 Å². The molecular formula is C26H26FNO6S. The monoisotopic (exact) mass is 499 g/mol. The predicted octanol–water partition coefficient (Wildman–Crippen LogP) is 4.42. The third-order valence-electron chi connectivity index (χ3n) is 5.69. The highest BCUT2D eigenvalue weighted by molar-refractivity contribution is 7.87. The molecule has 3 aromatic carbocycles. The molecule has 1 atom stereocenters. The second kappa shape index (κ2) is 10.9. The van der Waals surface area contributed by atoms with Gasteiger partial charge in [0.15, 0.2) is 0 Å². The number of amides is 1. The summed E-state index contributed by atoms with van der Waals surface area (Å²) in [6, 6.07) is 18.1. The Hall–Kier alpha value is -3.43. The molecule has 0 radical (unpaired) electrons. The van der Waals surface area contributed by atoms with Crippen molar-refractivity contribution in [1.29, 1.82) is 0 Å². The van der Waals surface area contributed by atoms with Gasteiger partial charge in [-0.15, -0.1) is 0 Å². The molecule has 3 aromatic rings. The lowest BCUT2D eigenvalue weighted by molar-refractivity contribution is 0.0503. The highest BCUT2D eigenvalue weighted by Gasteiger charge is 2.25. The lowest BCUT2D eigenvalue weighted by Gasteiger charge is -2.26.